The molecule has 1 unspecified atom stereocenters. The van der Waals surface area contributed by atoms with Gasteiger partial charge in [0.15, 0.2) is 11.0 Å². The van der Waals surface area contributed by atoms with Crippen LogP contribution in [-0.2, 0) is 17.0 Å². The van der Waals surface area contributed by atoms with Gasteiger partial charge in [0.2, 0.25) is 5.91 Å². The van der Waals surface area contributed by atoms with Crippen LogP contribution >= 0.6 is 35.0 Å². The maximum Gasteiger partial charge on any atom is 0.220 e. The summed E-state index contributed by atoms with van der Waals surface area (Å²) in [7, 11) is 0. The molecule has 204 valence electrons. The molecule has 0 bridgehead atoms. The van der Waals surface area contributed by atoms with Crippen LogP contribution in [0.2, 0.25) is 10.0 Å². The van der Waals surface area contributed by atoms with Crippen LogP contribution < -0.4 is 5.32 Å². The first-order valence-corrected chi connectivity index (χ1v) is 15.2. The highest BCUT2D eigenvalue weighted by Crippen LogP contribution is 2.33. The number of unbranched alkanes of at least 4 members (excludes halogenated alkanes) is 4. The van der Waals surface area contributed by atoms with Gasteiger partial charge in [-0.2, -0.15) is 0 Å². The van der Waals surface area contributed by atoms with Gasteiger partial charge in [0.05, 0.1) is 16.8 Å². The molecule has 0 aliphatic rings. The molecule has 39 heavy (non-hydrogen) atoms. The van der Waals surface area contributed by atoms with E-state index in [1.165, 1.54) is 18.4 Å². The molecule has 0 radical (unpaired) electrons. The van der Waals surface area contributed by atoms with Crippen molar-refractivity contribution >= 4 is 40.9 Å². The Bertz CT molecular complexity index is 1330. The number of amides is 1. The Morgan fingerprint density at radius 3 is 2.28 bits per heavy atom. The lowest BCUT2D eigenvalue weighted by molar-refractivity contribution is -0.122. The minimum Gasteiger partial charge on any atom is -0.346 e. The molecule has 0 spiro atoms. The van der Waals surface area contributed by atoms with Gasteiger partial charge in [-0.25, -0.2) is 0 Å². The second-order valence-corrected chi connectivity index (χ2v) is 11.3. The molecular weight excluding hydrogens is 547 g/mol. The van der Waals surface area contributed by atoms with Crippen LogP contribution in [0, 0.1) is 0 Å². The Balaban J connectivity index is 1.66. The highest BCUT2D eigenvalue weighted by molar-refractivity contribution is 7.98. The topological polar surface area (TPSA) is 59.8 Å². The smallest absolute Gasteiger partial charge is 0.220 e. The summed E-state index contributed by atoms with van der Waals surface area (Å²) in [5.41, 5.74) is 3.00. The quantitative estimate of drug-likeness (QED) is 0.120. The third-order valence-electron chi connectivity index (χ3n) is 6.46. The molecule has 1 atom stereocenters. The SMILES string of the molecule is CCCCCCCC(=O)NC(Cc1ccccc1)c1nnc(SCc2ccccc2)n1-c1ccc(Cl)cc1Cl. The number of thioether (sulfide) groups is 1. The summed E-state index contributed by atoms with van der Waals surface area (Å²) < 4.78 is 1.96. The number of hydrogen-bond donors (Lipinski definition) is 1. The van der Waals surface area contributed by atoms with Gasteiger partial charge in [-0.3, -0.25) is 9.36 Å². The zero-order valence-electron chi connectivity index (χ0n) is 22.2. The second-order valence-electron chi connectivity index (χ2n) is 9.52. The Morgan fingerprint density at radius 1 is 0.897 bits per heavy atom. The van der Waals surface area contributed by atoms with E-state index >= 15 is 0 Å². The molecule has 1 amide bonds. The average Bonchev–Trinajstić information content (AvgIpc) is 3.36. The fraction of sp³-hybridized carbons (Fsp3) is 0.323. The maximum absolute atomic E-state index is 13.1. The predicted molar refractivity (Wildman–Crippen MR) is 162 cm³/mol. The summed E-state index contributed by atoms with van der Waals surface area (Å²) in [6, 6.07) is 25.3. The van der Waals surface area contributed by atoms with Crippen LogP contribution in [0.25, 0.3) is 5.69 Å². The highest BCUT2D eigenvalue weighted by Gasteiger charge is 2.26. The van der Waals surface area contributed by atoms with E-state index in [0.29, 0.717) is 33.9 Å². The maximum atomic E-state index is 13.1. The van der Waals surface area contributed by atoms with Crippen molar-refractivity contribution in [1.82, 2.24) is 20.1 Å². The van der Waals surface area contributed by atoms with Crippen LogP contribution in [0.1, 0.15) is 68.4 Å². The molecule has 1 N–H and O–H groups in total. The van der Waals surface area contributed by atoms with Crippen LogP contribution in [0.4, 0.5) is 0 Å². The van der Waals surface area contributed by atoms with Gasteiger partial charge in [0.25, 0.3) is 0 Å². The molecule has 0 saturated carbocycles. The number of carbonyl (C=O) groups is 1. The number of nitrogens with zero attached hydrogens (tertiary/aromatic N) is 3. The molecule has 0 fully saturated rings. The molecule has 5 nitrogen and oxygen atoms in total. The van der Waals surface area contributed by atoms with Gasteiger partial charge in [-0.05, 0) is 42.2 Å². The zero-order valence-corrected chi connectivity index (χ0v) is 24.5. The molecular formula is C31H34Cl2N4OS. The van der Waals surface area contributed by atoms with Crippen LogP contribution in [0.15, 0.2) is 84.0 Å². The third kappa shape index (κ3) is 8.59. The molecule has 3 aromatic carbocycles. The van der Waals surface area contributed by atoms with Crippen LogP contribution in [-0.4, -0.2) is 20.7 Å². The average molecular weight is 582 g/mol. The molecule has 4 aromatic rings. The first-order valence-electron chi connectivity index (χ1n) is 13.5. The number of carbonyl (C=O) groups excluding carboxylic acids is 1. The van der Waals surface area contributed by atoms with E-state index in [4.69, 9.17) is 23.2 Å². The molecule has 1 aromatic heterocycles. The van der Waals surface area contributed by atoms with Crippen LogP contribution in [0.5, 0.6) is 0 Å². The third-order valence-corrected chi connectivity index (χ3v) is 7.99. The van der Waals surface area contributed by atoms with Gasteiger partial charge >= 0.3 is 0 Å². The van der Waals surface area contributed by atoms with Crippen molar-refractivity contribution in [3.8, 4) is 5.69 Å². The molecule has 0 saturated heterocycles. The van der Waals surface area contributed by atoms with Gasteiger partial charge in [0.1, 0.15) is 0 Å². The summed E-state index contributed by atoms with van der Waals surface area (Å²) in [5, 5.41) is 14.2. The second kappa shape index (κ2) is 15.1. The summed E-state index contributed by atoms with van der Waals surface area (Å²) >= 11 is 14.5. The Labute approximate surface area is 245 Å². The molecule has 1 heterocycles. The van der Waals surface area contributed by atoms with E-state index in [1.807, 2.05) is 47.0 Å². The van der Waals surface area contributed by atoms with Gasteiger partial charge in [-0.15, -0.1) is 10.2 Å². The summed E-state index contributed by atoms with van der Waals surface area (Å²) in [4.78, 5) is 13.1. The van der Waals surface area contributed by atoms with Gasteiger partial charge in [0, 0.05) is 17.2 Å². The Hall–Kier alpha value is -2.80. The van der Waals surface area contributed by atoms with Gasteiger partial charge < -0.3 is 5.32 Å². The highest BCUT2D eigenvalue weighted by atomic mass is 35.5. The van der Waals surface area contributed by atoms with E-state index in [-0.39, 0.29) is 11.9 Å². The van der Waals surface area contributed by atoms with E-state index in [1.54, 1.807) is 23.9 Å². The molecule has 4 rings (SSSR count). The summed E-state index contributed by atoms with van der Waals surface area (Å²) in [6.07, 6.45) is 6.53. The fourth-order valence-electron chi connectivity index (χ4n) is 4.42. The van der Waals surface area contributed by atoms with Crippen molar-refractivity contribution in [3.63, 3.8) is 0 Å². The first-order chi connectivity index (χ1) is 19.0. The first kappa shape index (κ1) is 29.2. The number of hydrogen-bond acceptors (Lipinski definition) is 4. The van der Waals surface area contributed by atoms with Crippen LogP contribution in [0.3, 0.4) is 0 Å². The zero-order chi connectivity index (χ0) is 27.5. The number of nitrogens with one attached hydrogen (secondary N) is 1. The number of rotatable bonds is 14. The lowest BCUT2D eigenvalue weighted by Gasteiger charge is -2.21. The number of aromatic nitrogens is 3. The Morgan fingerprint density at radius 2 is 1.59 bits per heavy atom. The monoisotopic (exact) mass is 580 g/mol. The van der Waals surface area contributed by atoms with Crippen molar-refractivity contribution in [2.45, 2.75) is 68.8 Å². The lowest BCUT2D eigenvalue weighted by Crippen LogP contribution is -2.32. The largest absolute Gasteiger partial charge is 0.346 e. The van der Waals surface area contributed by atoms with Crippen molar-refractivity contribution in [1.29, 1.82) is 0 Å². The van der Waals surface area contributed by atoms with E-state index < -0.39 is 0 Å². The fourth-order valence-corrected chi connectivity index (χ4v) is 5.82. The minimum absolute atomic E-state index is 0.0164. The normalized spacial score (nSPS) is 11.9. The van der Waals surface area contributed by atoms with E-state index in [2.05, 4.69) is 46.7 Å². The van der Waals surface area contributed by atoms with E-state index in [9.17, 15) is 4.79 Å². The molecule has 0 aliphatic carbocycles. The van der Waals surface area contributed by atoms with E-state index in [0.717, 1.165) is 36.3 Å². The summed E-state index contributed by atoms with van der Waals surface area (Å²) in [6.45, 7) is 2.19. The summed E-state index contributed by atoms with van der Waals surface area (Å²) in [5.74, 6) is 1.37. The van der Waals surface area contributed by atoms with Gasteiger partial charge in [-0.1, -0.05) is 128 Å². The number of halogens is 2. The minimum atomic E-state index is -0.388. The molecule has 8 heteroatoms. The Kier molecular flexibility index (Phi) is 11.3. The van der Waals surface area contributed by atoms with Crippen molar-refractivity contribution in [2.24, 2.45) is 0 Å². The lowest BCUT2D eigenvalue weighted by atomic mass is 10.0. The predicted octanol–water partition coefficient (Wildman–Crippen LogP) is 8.63. The number of benzene rings is 3. The molecule has 0 aliphatic heterocycles. The standard InChI is InChI=1S/C31H34Cl2N4OS/c1-2-3-4-5-12-17-29(38)34-27(20-23-13-8-6-9-14-23)30-35-36-31(39-22-24-15-10-7-11-16-24)37(30)28-19-18-25(32)21-26(28)33/h6-11,13-16,18-19,21,27H,2-5,12,17,20,22H2,1H3,(H,34,38). The van der Waals surface area contributed by atoms with Crippen molar-refractivity contribution in [3.05, 3.63) is 106 Å². The van der Waals surface area contributed by atoms with Crippen molar-refractivity contribution in [2.75, 3.05) is 0 Å². The van der Waals surface area contributed by atoms with Crippen molar-refractivity contribution < 1.29 is 4.79 Å².